The van der Waals surface area contributed by atoms with Crippen LogP contribution in [0.15, 0.2) is 36.5 Å². The zero-order chi connectivity index (χ0) is 55.7. The molecule has 0 radical (unpaired) electrons. The van der Waals surface area contributed by atoms with Crippen LogP contribution in [0, 0.1) is 0 Å². The van der Waals surface area contributed by atoms with E-state index in [1.54, 1.807) is 0 Å². The molecule has 0 aromatic rings. The van der Waals surface area contributed by atoms with Gasteiger partial charge in [0.1, 0.15) is 13.2 Å². The van der Waals surface area contributed by atoms with Gasteiger partial charge in [-0.3, -0.25) is 14.4 Å². The van der Waals surface area contributed by atoms with Gasteiger partial charge >= 0.3 is 17.9 Å². The number of esters is 3. The number of carbonyl (C=O) groups excluding carboxylic acids is 3. The first-order chi connectivity index (χ1) is 38.0. The molecule has 0 aromatic carbocycles. The van der Waals surface area contributed by atoms with Gasteiger partial charge in [0.2, 0.25) is 0 Å². The Morgan fingerprint density at radius 3 is 0.792 bits per heavy atom. The molecule has 452 valence electrons. The van der Waals surface area contributed by atoms with Crippen LogP contribution in [0.25, 0.3) is 0 Å². The molecular weight excluding hydrogens is 949 g/mol. The number of carbonyl (C=O) groups is 3. The molecule has 0 aliphatic heterocycles. The van der Waals surface area contributed by atoms with Crippen molar-refractivity contribution in [3.63, 3.8) is 0 Å². The summed E-state index contributed by atoms with van der Waals surface area (Å²) in [5, 5.41) is 0. The van der Waals surface area contributed by atoms with Crippen LogP contribution in [-0.2, 0) is 28.6 Å². The summed E-state index contributed by atoms with van der Waals surface area (Å²) in [5.74, 6) is -0.855. The fraction of sp³-hybridized carbons (Fsp3) is 0.873. The maximum atomic E-state index is 12.9. The summed E-state index contributed by atoms with van der Waals surface area (Å²) < 4.78 is 16.9. The highest BCUT2D eigenvalue weighted by atomic mass is 16.6. The first kappa shape index (κ1) is 74.6. The van der Waals surface area contributed by atoms with E-state index in [-0.39, 0.29) is 31.1 Å². The van der Waals surface area contributed by atoms with Crippen molar-refractivity contribution < 1.29 is 28.6 Å². The molecular formula is C71H132O6. The monoisotopic (exact) mass is 1080 g/mol. The van der Waals surface area contributed by atoms with E-state index in [1.165, 1.54) is 257 Å². The van der Waals surface area contributed by atoms with Gasteiger partial charge in [-0.05, 0) is 51.4 Å². The quantitative estimate of drug-likeness (QED) is 0.0261. The Morgan fingerprint density at radius 2 is 0.506 bits per heavy atom. The minimum atomic E-state index is -0.774. The third-order valence-corrected chi connectivity index (χ3v) is 15.7. The molecule has 0 bridgehead atoms. The zero-order valence-electron chi connectivity index (χ0n) is 52.0. The Hall–Kier alpha value is -2.37. The second-order valence-electron chi connectivity index (χ2n) is 23.4. The lowest BCUT2D eigenvalue weighted by Gasteiger charge is -2.18. The lowest BCUT2D eigenvalue weighted by molar-refractivity contribution is -0.167. The van der Waals surface area contributed by atoms with Crippen molar-refractivity contribution in [3.05, 3.63) is 36.5 Å². The lowest BCUT2D eigenvalue weighted by atomic mass is 10.0. The van der Waals surface area contributed by atoms with Gasteiger partial charge in [0.25, 0.3) is 0 Å². The van der Waals surface area contributed by atoms with Crippen LogP contribution in [0.4, 0.5) is 0 Å². The van der Waals surface area contributed by atoms with Crippen LogP contribution in [0.5, 0.6) is 0 Å². The summed E-state index contributed by atoms with van der Waals surface area (Å²) in [7, 11) is 0. The van der Waals surface area contributed by atoms with Crippen LogP contribution in [0.3, 0.4) is 0 Å². The predicted octanol–water partition coefficient (Wildman–Crippen LogP) is 23.6. The molecule has 0 aliphatic rings. The number of allylic oxidation sites excluding steroid dienone is 6. The molecule has 1 atom stereocenters. The minimum Gasteiger partial charge on any atom is -0.462 e. The van der Waals surface area contributed by atoms with Crippen molar-refractivity contribution >= 4 is 17.9 Å². The van der Waals surface area contributed by atoms with Gasteiger partial charge in [-0.25, -0.2) is 0 Å². The van der Waals surface area contributed by atoms with E-state index in [0.29, 0.717) is 19.3 Å². The Bertz CT molecular complexity index is 1290. The maximum absolute atomic E-state index is 12.9. The van der Waals surface area contributed by atoms with E-state index in [9.17, 15) is 14.4 Å². The summed E-state index contributed by atoms with van der Waals surface area (Å²) in [4.78, 5) is 38.3. The molecule has 0 saturated heterocycles. The van der Waals surface area contributed by atoms with Gasteiger partial charge in [-0.1, -0.05) is 346 Å². The molecule has 0 heterocycles. The van der Waals surface area contributed by atoms with Crippen molar-refractivity contribution in [2.75, 3.05) is 13.2 Å². The van der Waals surface area contributed by atoms with Crippen molar-refractivity contribution in [1.29, 1.82) is 0 Å². The lowest BCUT2D eigenvalue weighted by Crippen LogP contribution is -2.30. The fourth-order valence-corrected chi connectivity index (χ4v) is 10.5. The van der Waals surface area contributed by atoms with Gasteiger partial charge in [0, 0.05) is 19.3 Å². The summed E-state index contributed by atoms with van der Waals surface area (Å²) >= 11 is 0. The van der Waals surface area contributed by atoms with E-state index in [0.717, 1.165) is 83.5 Å². The summed E-state index contributed by atoms with van der Waals surface area (Å²) in [6.07, 6.45) is 81.9. The Kier molecular flexibility index (Phi) is 64.1. The second-order valence-corrected chi connectivity index (χ2v) is 23.4. The summed E-state index contributed by atoms with van der Waals surface area (Å²) in [6, 6.07) is 0. The topological polar surface area (TPSA) is 78.9 Å². The largest absolute Gasteiger partial charge is 0.462 e. The van der Waals surface area contributed by atoms with Gasteiger partial charge in [-0.2, -0.15) is 0 Å². The summed E-state index contributed by atoms with van der Waals surface area (Å²) in [5.41, 5.74) is 0. The molecule has 0 spiro atoms. The molecule has 6 nitrogen and oxygen atoms in total. The molecule has 1 unspecified atom stereocenters. The average Bonchev–Trinajstić information content (AvgIpc) is 3.43. The van der Waals surface area contributed by atoms with Crippen LogP contribution in [-0.4, -0.2) is 37.2 Å². The molecule has 77 heavy (non-hydrogen) atoms. The number of rotatable bonds is 64. The van der Waals surface area contributed by atoms with Crippen molar-refractivity contribution in [2.24, 2.45) is 0 Å². The van der Waals surface area contributed by atoms with E-state index < -0.39 is 6.10 Å². The molecule has 0 aliphatic carbocycles. The second kappa shape index (κ2) is 66.1. The third-order valence-electron chi connectivity index (χ3n) is 15.7. The summed E-state index contributed by atoms with van der Waals surface area (Å²) in [6.45, 7) is 6.59. The average molecular weight is 1080 g/mol. The maximum Gasteiger partial charge on any atom is 0.306 e. The fourth-order valence-electron chi connectivity index (χ4n) is 10.5. The predicted molar refractivity (Wildman–Crippen MR) is 335 cm³/mol. The Morgan fingerprint density at radius 1 is 0.273 bits per heavy atom. The van der Waals surface area contributed by atoms with Crippen LogP contribution in [0.2, 0.25) is 0 Å². The normalized spacial score (nSPS) is 12.2. The Balaban J connectivity index is 4.12. The highest BCUT2D eigenvalue weighted by Gasteiger charge is 2.19. The molecule has 0 rings (SSSR count). The number of ether oxygens (including phenoxy) is 3. The molecule has 0 amide bonds. The number of hydrogen-bond acceptors (Lipinski definition) is 6. The van der Waals surface area contributed by atoms with E-state index in [4.69, 9.17) is 14.2 Å². The molecule has 0 fully saturated rings. The smallest absolute Gasteiger partial charge is 0.306 e. The highest BCUT2D eigenvalue weighted by molar-refractivity contribution is 5.71. The van der Waals surface area contributed by atoms with Crippen LogP contribution >= 0.6 is 0 Å². The van der Waals surface area contributed by atoms with Crippen molar-refractivity contribution in [3.8, 4) is 0 Å². The van der Waals surface area contributed by atoms with Crippen LogP contribution in [0.1, 0.15) is 380 Å². The SMILES string of the molecule is CC/C=C\C/C=C\C/C=C\CCCCCCCCCC(=O)OC(COC(=O)CCCCCCCCCCCCCC)COC(=O)CCCCCCCCCCCCCCCCCCCCCCCCCCCCCCCC. The van der Waals surface area contributed by atoms with Crippen molar-refractivity contribution in [2.45, 2.75) is 386 Å². The zero-order valence-corrected chi connectivity index (χ0v) is 52.0. The first-order valence-corrected chi connectivity index (χ1v) is 34.5. The van der Waals surface area contributed by atoms with Gasteiger partial charge in [-0.15, -0.1) is 0 Å². The Labute approximate surface area is 480 Å². The molecule has 0 N–H and O–H groups in total. The van der Waals surface area contributed by atoms with E-state index in [2.05, 4.69) is 57.2 Å². The third kappa shape index (κ3) is 64.3. The van der Waals surface area contributed by atoms with Gasteiger partial charge in [0.15, 0.2) is 6.10 Å². The van der Waals surface area contributed by atoms with Gasteiger partial charge < -0.3 is 14.2 Å². The minimum absolute atomic E-state index is 0.0709. The molecule has 0 saturated carbocycles. The number of hydrogen-bond donors (Lipinski definition) is 0. The molecule has 0 aromatic heterocycles. The standard InChI is InChI=1S/C71H132O6/c1-4-7-10-13-16-19-22-25-27-29-30-31-32-33-34-35-36-37-38-39-40-41-43-44-46-49-52-55-58-61-64-70(73)76-67-68(66-75-69(72)63-60-57-54-51-48-24-21-18-15-12-9-6-3)77-71(74)65-62-59-56-53-50-47-45-42-28-26-23-20-17-14-11-8-5-2/h8,11,17,20,26,28,68H,4-7,9-10,12-16,18-19,21-25,27,29-67H2,1-3H3/b11-8-,20-17-,28-26-. The van der Waals surface area contributed by atoms with Crippen LogP contribution < -0.4 is 0 Å². The van der Waals surface area contributed by atoms with E-state index in [1.807, 2.05) is 0 Å². The van der Waals surface area contributed by atoms with E-state index >= 15 is 0 Å². The van der Waals surface area contributed by atoms with Crippen molar-refractivity contribution in [1.82, 2.24) is 0 Å². The van der Waals surface area contributed by atoms with Gasteiger partial charge in [0.05, 0.1) is 0 Å². The molecule has 6 heteroatoms. The first-order valence-electron chi connectivity index (χ1n) is 34.5. The highest BCUT2D eigenvalue weighted by Crippen LogP contribution is 2.19. The number of unbranched alkanes of at least 4 members (excludes halogenated alkanes) is 47.